The van der Waals surface area contributed by atoms with Crippen molar-refractivity contribution in [2.45, 2.75) is 19.1 Å². The second kappa shape index (κ2) is 9.44. The summed E-state index contributed by atoms with van der Waals surface area (Å²) in [6.07, 6.45) is 7.05. The Bertz CT molecular complexity index is 889. The minimum absolute atomic E-state index is 0.198. The van der Waals surface area contributed by atoms with E-state index in [1.165, 1.54) is 0 Å². The molecule has 2 aromatic heterocycles. The molecule has 4 rings (SSSR count). The Morgan fingerprint density at radius 2 is 2.00 bits per heavy atom. The van der Waals surface area contributed by atoms with Crippen LogP contribution in [0.15, 0.2) is 55.2 Å². The molecular formula is C20H25N7O2. The Balaban J connectivity index is 1.39. The number of hydrogen-bond acceptors (Lipinski definition) is 6. The third kappa shape index (κ3) is 5.27. The summed E-state index contributed by atoms with van der Waals surface area (Å²) in [7, 11) is 0. The number of morpholine rings is 1. The molecule has 1 fully saturated rings. The predicted molar refractivity (Wildman–Crippen MR) is 106 cm³/mol. The molecule has 0 bridgehead atoms. The molecule has 0 spiro atoms. The van der Waals surface area contributed by atoms with E-state index in [9.17, 15) is 4.79 Å². The van der Waals surface area contributed by atoms with Gasteiger partial charge in [-0.05, 0) is 5.56 Å². The zero-order chi connectivity index (χ0) is 19.9. The number of ether oxygens (including phenoxy) is 1. The fraction of sp³-hybridized carbons (Fsp3) is 0.400. The van der Waals surface area contributed by atoms with Gasteiger partial charge in [-0.15, -0.1) is 5.10 Å². The number of carbonyl (C=O) groups excluding carboxylic acids is 1. The van der Waals surface area contributed by atoms with Gasteiger partial charge in [0, 0.05) is 38.6 Å². The van der Waals surface area contributed by atoms with E-state index in [1.807, 2.05) is 41.1 Å². The first-order chi connectivity index (χ1) is 14.3. The van der Waals surface area contributed by atoms with E-state index < -0.39 is 0 Å². The van der Waals surface area contributed by atoms with Crippen molar-refractivity contribution in [2.75, 3.05) is 32.8 Å². The third-order valence-electron chi connectivity index (χ3n) is 4.98. The number of imidazole rings is 1. The van der Waals surface area contributed by atoms with Gasteiger partial charge in [0.2, 0.25) is 0 Å². The lowest BCUT2D eigenvalue weighted by Gasteiger charge is -2.26. The van der Waals surface area contributed by atoms with Gasteiger partial charge < -0.3 is 14.6 Å². The average Bonchev–Trinajstić information content (AvgIpc) is 3.45. The lowest BCUT2D eigenvalue weighted by Crippen LogP contribution is -2.38. The highest BCUT2D eigenvalue weighted by atomic mass is 16.5. The normalized spacial score (nSPS) is 15.9. The van der Waals surface area contributed by atoms with Crippen molar-refractivity contribution in [3.8, 4) is 0 Å². The van der Waals surface area contributed by atoms with Crippen molar-refractivity contribution in [2.24, 2.45) is 0 Å². The number of hydrogen-bond donors (Lipinski definition) is 1. The molecule has 9 nitrogen and oxygen atoms in total. The van der Waals surface area contributed by atoms with Crippen molar-refractivity contribution in [3.63, 3.8) is 0 Å². The van der Waals surface area contributed by atoms with Crippen LogP contribution in [0.25, 0.3) is 0 Å². The molecule has 0 saturated carbocycles. The topological polar surface area (TPSA) is 90.1 Å². The Labute approximate surface area is 169 Å². The number of carbonyl (C=O) groups is 1. The van der Waals surface area contributed by atoms with Gasteiger partial charge in [-0.25, -0.2) is 4.98 Å². The van der Waals surface area contributed by atoms with Gasteiger partial charge in [-0.2, -0.15) is 0 Å². The van der Waals surface area contributed by atoms with Crippen LogP contribution in [0.5, 0.6) is 0 Å². The van der Waals surface area contributed by atoms with Crippen LogP contribution < -0.4 is 5.32 Å². The molecule has 1 aliphatic heterocycles. The molecule has 3 heterocycles. The molecule has 29 heavy (non-hydrogen) atoms. The first kappa shape index (κ1) is 19.3. The predicted octanol–water partition coefficient (Wildman–Crippen LogP) is 0.978. The SMILES string of the molecule is O=C(N[C@@H](Cn1ccnc1)c1ccccc1)c1cn(CCN2CCOCC2)nn1. The second-order valence-corrected chi connectivity index (χ2v) is 7.02. The quantitative estimate of drug-likeness (QED) is 0.612. The number of aromatic nitrogens is 5. The summed E-state index contributed by atoms with van der Waals surface area (Å²) in [4.78, 5) is 19.2. The van der Waals surface area contributed by atoms with Gasteiger partial charge >= 0.3 is 0 Å². The fourth-order valence-corrected chi connectivity index (χ4v) is 3.34. The summed E-state index contributed by atoms with van der Waals surface area (Å²) in [6.45, 7) is 5.52. The molecule has 1 atom stereocenters. The smallest absolute Gasteiger partial charge is 0.274 e. The van der Waals surface area contributed by atoms with Crippen molar-refractivity contribution in [1.29, 1.82) is 0 Å². The Morgan fingerprint density at radius 3 is 2.76 bits per heavy atom. The molecule has 152 valence electrons. The van der Waals surface area contributed by atoms with E-state index >= 15 is 0 Å². The summed E-state index contributed by atoms with van der Waals surface area (Å²) in [5.41, 5.74) is 1.34. The maximum absolute atomic E-state index is 12.8. The third-order valence-corrected chi connectivity index (χ3v) is 4.98. The monoisotopic (exact) mass is 395 g/mol. The van der Waals surface area contributed by atoms with Crippen LogP contribution in [-0.2, 0) is 17.8 Å². The van der Waals surface area contributed by atoms with Gasteiger partial charge in [0.1, 0.15) is 0 Å². The minimum atomic E-state index is -0.239. The molecule has 0 aliphatic carbocycles. The van der Waals surface area contributed by atoms with E-state index in [-0.39, 0.29) is 11.9 Å². The Hall–Kier alpha value is -3.04. The number of nitrogens with zero attached hydrogens (tertiary/aromatic N) is 6. The number of amides is 1. The van der Waals surface area contributed by atoms with E-state index in [4.69, 9.17) is 4.74 Å². The van der Waals surface area contributed by atoms with Crippen LogP contribution in [0.3, 0.4) is 0 Å². The van der Waals surface area contributed by atoms with Crippen molar-refractivity contribution in [3.05, 3.63) is 66.5 Å². The average molecular weight is 395 g/mol. The molecule has 1 amide bonds. The standard InChI is InChI=1S/C20H25N7O2/c28-20(19-15-27(24-23-19)9-8-25-10-12-29-13-11-25)22-18(14-26-7-6-21-16-26)17-4-2-1-3-5-17/h1-7,15-16,18H,8-14H2,(H,22,28)/t18-/m0/s1. The largest absolute Gasteiger partial charge is 0.379 e. The maximum Gasteiger partial charge on any atom is 0.274 e. The molecule has 0 radical (unpaired) electrons. The van der Waals surface area contributed by atoms with Gasteiger partial charge in [-0.1, -0.05) is 35.5 Å². The zero-order valence-corrected chi connectivity index (χ0v) is 16.2. The van der Waals surface area contributed by atoms with E-state index in [2.05, 4.69) is 25.5 Å². The molecule has 9 heteroatoms. The van der Waals surface area contributed by atoms with E-state index in [1.54, 1.807) is 23.4 Å². The lowest BCUT2D eigenvalue weighted by molar-refractivity contribution is 0.0359. The molecule has 3 aromatic rings. The first-order valence-corrected chi connectivity index (χ1v) is 9.80. The molecule has 0 unspecified atom stereocenters. The lowest BCUT2D eigenvalue weighted by atomic mass is 10.1. The van der Waals surface area contributed by atoms with Crippen molar-refractivity contribution in [1.82, 2.24) is 34.8 Å². The van der Waals surface area contributed by atoms with Crippen LogP contribution in [0.2, 0.25) is 0 Å². The van der Waals surface area contributed by atoms with Crippen LogP contribution in [0.4, 0.5) is 0 Å². The van der Waals surface area contributed by atoms with Crippen molar-refractivity contribution >= 4 is 5.91 Å². The molecule has 1 aromatic carbocycles. The Kier molecular flexibility index (Phi) is 6.28. The van der Waals surface area contributed by atoms with Gasteiger partial charge in [0.05, 0.1) is 38.3 Å². The van der Waals surface area contributed by atoms with Gasteiger partial charge in [-0.3, -0.25) is 14.4 Å². The molecule has 1 N–H and O–H groups in total. The number of nitrogens with one attached hydrogen (secondary N) is 1. The molecule has 1 aliphatic rings. The highest BCUT2D eigenvalue weighted by Crippen LogP contribution is 2.15. The summed E-state index contributed by atoms with van der Waals surface area (Å²) in [5.74, 6) is -0.239. The summed E-state index contributed by atoms with van der Waals surface area (Å²) >= 11 is 0. The second-order valence-electron chi connectivity index (χ2n) is 7.02. The molecular weight excluding hydrogens is 370 g/mol. The molecule has 1 saturated heterocycles. The van der Waals surface area contributed by atoms with Gasteiger partial charge in [0.25, 0.3) is 5.91 Å². The van der Waals surface area contributed by atoms with E-state index in [0.717, 1.165) is 38.4 Å². The zero-order valence-electron chi connectivity index (χ0n) is 16.2. The van der Waals surface area contributed by atoms with Crippen molar-refractivity contribution < 1.29 is 9.53 Å². The van der Waals surface area contributed by atoms with Crippen LogP contribution >= 0.6 is 0 Å². The minimum Gasteiger partial charge on any atom is -0.379 e. The summed E-state index contributed by atoms with van der Waals surface area (Å²) in [5, 5.41) is 11.2. The number of benzene rings is 1. The summed E-state index contributed by atoms with van der Waals surface area (Å²) in [6, 6.07) is 9.69. The summed E-state index contributed by atoms with van der Waals surface area (Å²) < 4.78 is 9.02. The van der Waals surface area contributed by atoms with E-state index in [0.29, 0.717) is 18.8 Å². The number of rotatable bonds is 8. The van der Waals surface area contributed by atoms with Crippen LogP contribution in [0.1, 0.15) is 22.1 Å². The maximum atomic E-state index is 12.8. The van der Waals surface area contributed by atoms with Crippen LogP contribution in [0, 0.1) is 0 Å². The van der Waals surface area contributed by atoms with Crippen LogP contribution in [-0.4, -0.2) is 68.2 Å². The first-order valence-electron chi connectivity index (χ1n) is 9.80. The highest BCUT2D eigenvalue weighted by molar-refractivity contribution is 5.92. The Morgan fingerprint density at radius 1 is 1.17 bits per heavy atom. The fourth-order valence-electron chi connectivity index (χ4n) is 3.34. The highest BCUT2D eigenvalue weighted by Gasteiger charge is 2.19. The van der Waals surface area contributed by atoms with Gasteiger partial charge in [0.15, 0.2) is 5.69 Å².